The molecule has 0 saturated heterocycles. The first-order valence-corrected chi connectivity index (χ1v) is 5.58. The molecule has 1 aromatic rings. The van der Waals surface area contributed by atoms with Crippen LogP contribution in [0.15, 0.2) is 48.8 Å². The zero-order valence-electron chi connectivity index (χ0n) is 8.14. The Morgan fingerprint density at radius 3 is 2.88 bits per heavy atom. The van der Waals surface area contributed by atoms with Crippen LogP contribution in [-0.2, 0) is 14.3 Å². The number of amides is 1. The molecule has 0 bridgehead atoms. The number of ether oxygens (including phenoxy) is 2. The lowest BCUT2D eigenvalue weighted by Gasteiger charge is -2.10. The molecule has 1 amide bonds. The minimum atomic E-state index is -0.341. The lowest BCUT2D eigenvalue weighted by atomic mass is 10.3. The maximum atomic E-state index is 11.7. The molecule has 0 aliphatic carbocycles. The van der Waals surface area contributed by atoms with Crippen LogP contribution in [0.1, 0.15) is 0 Å². The van der Waals surface area contributed by atoms with E-state index in [1.807, 2.05) is 18.2 Å². The molecule has 0 saturated carbocycles. The summed E-state index contributed by atoms with van der Waals surface area (Å²) in [6.07, 6.45) is 3.91. The lowest BCUT2D eigenvalue weighted by molar-refractivity contribution is -0.115. The van der Waals surface area contributed by atoms with Gasteiger partial charge in [-0.05, 0) is 40.8 Å². The molecule has 0 spiro atoms. The summed E-state index contributed by atoms with van der Waals surface area (Å²) in [6, 6.07) is 7.47. The van der Waals surface area contributed by atoms with E-state index in [0.29, 0.717) is 0 Å². The van der Waals surface area contributed by atoms with Gasteiger partial charge in [-0.2, -0.15) is 0 Å². The Labute approximate surface area is 106 Å². The number of nitrogens with one attached hydrogen (secondary N) is 1. The van der Waals surface area contributed by atoms with Crippen LogP contribution < -0.4 is 5.32 Å². The van der Waals surface area contributed by atoms with E-state index in [2.05, 4.69) is 27.9 Å². The van der Waals surface area contributed by atoms with Crippen molar-refractivity contribution in [2.45, 2.75) is 0 Å². The molecule has 1 aliphatic rings. The van der Waals surface area contributed by atoms with Crippen LogP contribution in [0.25, 0.3) is 0 Å². The van der Waals surface area contributed by atoms with Crippen molar-refractivity contribution in [3.05, 3.63) is 52.4 Å². The van der Waals surface area contributed by atoms with Gasteiger partial charge in [0.25, 0.3) is 5.91 Å². The fourth-order valence-electron chi connectivity index (χ4n) is 1.13. The quantitative estimate of drug-likeness (QED) is 0.849. The molecule has 0 fully saturated rings. The molecular formula is C11H8INO3. The minimum absolute atomic E-state index is 0.126. The molecule has 1 heterocycles. The van der Waals surface area contributed by atoms with Crippen molar-refractivity contribution in [3.8, 4) is 0 Å². The molecule has 1 aromatic carbocycles. The van der Waals surface area contributed by atoms with Gasteiger partial charge in [0.1, 0.15) is 18.8 Å². The van der Waals surface area contributed by atoms with Crippen LogP contribution in [-0.4, -0.2) is 5.91 Å². The highest BCUT2D eigenvalue weighted by Crippen LogP contribution is 2.14. The average Bonchev–Trinajstić information content (AvgIpc) is 2.30. The highest BCUT2D eigenvalue weighted by Gasteiger charge is 2.13. The number of hydrogen-bond acceptors (Lipinski definition) is 3. The summed E-state index contributed by atoms with van der Waals surface area (Å²) in [5.41, 5.74) is 0.718. The van der Waals surface area contributed by atoms with Crippen LogP contribution in [0, 0.1) is 3.57 Å². The zero-order valence-corrected chi connectivity index (χ0v) is 10.3. The first-order valence-electron chi connectivity index (χ1n) is 4.50. The van der Waals surface area contributed by atoms with E-state index in [4.69, 9.17) is 9.47 Å². The maximum Gasteiger partial charge on any atom is 0.294 e. The van der Waals surface area contributed by atoms with Crippen molar-refractivity contribution >= 4 is 34.2 Å². The third kappa shape index (κ3) is 2.75. The summed E-state index contributed by atoms with van der Waals surface area (Å²) < 4.78 is 10.9. The second-order valence-corrected chi connectivity index (χ2v) is 4.22. The van der Waals surface area contributed by atoms with E-state index in [1.165, 1.54) is 18.8 Å². The molecule has 4 nitrogen and oxygen atoms in total. The van der Waals surface area contributed by atoms with Crippen molar-refractivity contribution in [2.24, 2.45) is 0 Å². The molecule has 0 unspecified atom stereocenters. The number of benzene rings is 1. The van der Waals surface area contributed by atoms with Gasteiger partial charge in [0.05, 0.1) is 0 Å². The predicted octanol–water partition coefficient (Wildman–Crippen LogP) is 2.59. The van der Waals surface area contributed by atoms with Crippen LogP contribution in [0.3, 0.4) is 0 Å². The third-order valence-electron chi connectivity index (χ3n) is 1.81. The van der Waals surface area contributed by atoms with Crippen molar-refractivity contribution in [1.82, 2.24) is 0 Å². The molecule has 82 valence electrons. The highest BCUT2D eigenvalue weighted by atomic mass is 127. The second-order valence-electron chi connectivity index (χ2n) is 2.97. The molecule has 0 radical (unpaired) electrons. The zero-order chi connectivity index (χ0) is 11.4. The number of anilines is 1. The van der Waals surface area contributed by atoms with Crippen molar-refractivity contribution in [2.75, 3.05) is 5.32 Å². The summed E-state index contributed by atoms with van der Waals surface area (Å²) in [6.45, 7) is 0. The lowest BCUT2D eigenvalue weighted by Crippen LogP contribution is -2.16. The van der Waals surface area contributed by atoms with Crippen molar-refractivity contribution in [3.63, 3.8) is 0 Å². The predicted molar refractivity (Wildman–Crippen MR) is 67.2 cm³/mol. The third-order valence-corrected chi connectivity index (χ3v) is 2.48. The molecule has 1 N–H and O–H groups in total. The first-order chi connectivity index (χ1) is 7.75. The molecule has 0 aromatic heterocycles. The fourth-order valence-corrected chi connectivity index (χ4v) is 1.67. The van der Waals surface area contributed by atoms with Crippen LogP contribution in [0.2, 0.25) is 0 Å². The Hall–Kier alpha value is -1.50. The number of carbonyl (C=O) groups is 1. The molecular weight excluding hydrogens is 321 g/mol. The van der Waals surface area contributed by atoms with Gasteiger partial charge in [0.2, 0.25) is 5.76 Å². The Bertz CT molecular complexity index is 468. The van der Waals surface area contributed by atoms with E-state index in [9.17, 15) is 4.79 Å². The largest absolute Gasteiger partial charge is 0.465 e. The van der Waals surface area contributed by atoms with Gasteiger partial charge in [-0.1, -0.05) is 6.07 Å². The molecule has 16 heavy (non-hydrogen) atoms. The SMILES string of the molecule is O=C(Nc1cccc(I)c1)C1=COC=CO1. The Morgan fingerprint density at radius 1 is 1.31 bits per heavy atom. The topological polar surface area (TPSA) is 47.6 Å². The fraction of sp³-hybridized carbons (Fsp3) is 0. The van der Waals surface area contributed by atoms with E-state index in [1.54, 1.807) is 6.07 Å². The average molecular weight is 329 g/mol. The first kappa shape index (κ1) is 11.0. The highest BCUT2D eigenvalue weighted by molar-refractivity contribution is 14.1. The number of halogens is 1. The normalized spacial score (nSPS) is 13.4. The Kier molecular flexibility index (Phi) is 3.45. The number of carbonyl (C=O) groups excluding carboxylic acids is 1. The number of rotatable bonds is 2. The minimum Gasteiger partial charge on any atom is -0.465 e. The summed E-state index contributed by atoms with van der Waals surface area (Å²) in [5.74, 6) is -0.215. The molecule has 1 aliphatic heterocycles. The summed E-state index contributed by atoms with van der Waals surface area (Å²) in [7, 11) is 0. The van der Waals surface area contributed by atoms with Gasteiger partial charge < -0.3 is 14.8 Å². The van der Waals surface area contributed by atoms with E-state index >= 15 is 0 Å². The second kappa shape index (κ2) is 5.02. The van der Waals surface area contributed by atoms with Gasteiger partial charge in [0.15, 0.2) is 0 Å². The van der Waals surface area contributed by atoms with Gasteiger partial charge in [-0.15, -0.1) is 0 Å². The maximum absolute atomic E-state index is 11.7. The van der Waals surface area contributed by atoms with E-state index < -0.39 is 0 Å². The van der Waals surface area contributed by atoms with Gasteiger partial charge in [-0.3, -0.25) is 4.79 Å². The Balaban J connectivity index is 2.05. The van der Waals surface area contributed by atoms with E-state index in [-0.39, 0.29) is 11.7 Å². The number of hydrogen-bond donors (Lipinski definition) is 1. The molecule has 0 atom stereocenters. The molecule has 5 heteroatoms. The van der Waals surface area contributed by atoms with Crippen LogP contribution >= 0.6 is 22.6 Å². The molecule has 2 rings (SSSR count). The van der Waals surface area contributed by atoms with Crippen LogP contribution in [0.4, 0.5) is 5.69 Å². The summed E-state index contributed by atoms with van der Waals surface area (Å²) >= 11 is 2.17. The van der Waals surface area contributed by atoms with Gasteiger partial charge in [-0.25, -0.2) is 0 Å². The van der Waals surface area contributed by atoms with Gasteiger partial charge >= 0.3 is 0 Å². The van der Waals surface area contributed by atoms with Gasteiger partial charge in [0, 0.05) is 9.26 Å². The Morgan fingerprint density at radius 2 is 2.19 bits per heavy atom. The smallest absolute Gasteiger partial charge is 0.294 e. The van der Waals surface area contributed by atoms with Crippen molar-refractivity contribution in [1.29, 1.82) is 0 Å². The van der Waals surface area contributed by atoms with E-state index in [0.717, 1.165) is 9.26 Å². The van der Waals surface area contributed by atoms with Crippen molar-refractivity contribution < 1.29 is 14.3 Å². The summed E-state index contributed by atoms with van der Waals surface area (Å²) in [5, 5.41) is 2.70. The summed E-state index contributed by atoms with van der Waals surface area (Å²) in [4.78, 5) is 11.7. The monoisotopic (exact) mass is 329 g/mol. The standard InChI is InChI=1S/C11H8INO3/c12-8-2-1-3-9(6-8)13-11(14)10-7-15-4-5-16-10/h1-7H,(H,13,14). The van der Waals surface area contributed by atoms with Crippen LogP contribution in [0.5, 0.6) is 0 Å².